The highest BCUT2D eigenvalue weighted by atomic mass is 19.1. The van der Waals surface area contributed by atoms with Crippen LogP contribution in [0.3, 0.4) is 0 Å². The number of rotatable bonds is 6. The molecule has 31 heavy (non-hydrogen) atoms. The van der Waals surface area contributed by atoms with Gasteiger partial charge in [-0.1, -0.05) is 41.1 Å². The zero-order valence-electron chi connectivity index (χ0n) is 17.6. The van der Waals surface area contributed by atoms with Crippen molar-refractivity contribution in [2.75, 3.05) is 20.3 Å². The first kappa shape index (κ1) is 20.7. The van der Waals surface area contributed by atoms with Gasteiger partial charge in [0.05, 0.1) is 24.8 Å². The van der Waals surface area contributed by atoms with Crippen LogP contribution in [0.25, 0.3) is 17.0 Å². The maximum absolute atomic E-state index is 13.9. The summed E-state index contributed by atoms with van der Waals surface area (Å²) in [5.41, 5.74) is 3.76. The fourth-order valence-corrected chi connectivity index (χ4v) is 3.68. The van der Waals surface area contributed by atoms with Crippen molar-refractivity contribution >= 4 is 11.6 Å². The molecule has 0 saturated heterocycles. The Kier molecular flexibility index (Phi) is 5.81. The van der Waals surface area contributed by atoms with E-state index in [4.69, 9.17) is 9.26 Å². The monoisotopic (exact) mass is 422 g/mol. The Labute approximate surface area is 179 Å². The van der Waals surface area contributed by atoms with Crippen LogP contribution in [0.2, 0.25) is 0 Å². The summed E-state index contributed by atoms with van der Waals surface area (Å²) in [7, 11) is 1.57. The Bertz CT molecular complexity index is 1140. The first-order valence-corrected chi connectivity index (χ1v) is 9.92. The van der Waals surface area contributed by atoms with Gasteiger partial charge >= 0.3 is 6.03 Å². The quantitative estimate of drug-likeness (QED) is 0.640. The van der Waals surface area contributed by atoms with E-state index < -0.39 is 11.9 Å². The normalized spacial score (nSPS) is 16.6. The van der Waals surface area contributed by atoms with Crippen molar-refractivity contribution in [2.45, 2.75) is 19.9 Å². The minimum Gasteiger partial charge on any atom is -0.383 e. The van der Waals surface area contributed by atoms with Crippen LogP contribution in [0.4, 0.5) is 9.18 Å². The molecule has 0 saturated carbocycles. The highest BCUT2D eigenvalue weighted by molar-refractivity contribution is 5.86. The minimum absolute atomic E-state index is 0.269. The highest BCUT2D eigenvalue weighted by Crippen LogP contribution is 2.37. The van der Waals surface area contributed by atoms with E-state index in [2.05, 4.69) is 15.5 Å². The molecule has 1 atom stereocenters. The van der Waals surface area contributed by atoms with Gasteiger partial charge in [-0.15, -0.1) is 0 Å². The predicted molar refractivity (Wildman–Crippen MR) is 113 cm³/mol. The van der Waals surface area contributed by atoms with Crippen LogP contribution in [-0.4, -0.2) is 41.3 Å². The summed E-state index contributed by atoms with van der Waals surface area (Å²) >= 11 is 0. The molecule has 1 unspecified atom stereocenters. The molecular formula is C23H23FN4O3. The number of aromatic nitrogens is 2. The average Bonchev–Trinajstić information content (AvgIpc) is 3.23. The SMILES string of the molecule is COCCN1C(=O)NC(c2cccc(F)c2)C(c2nc(-c3cccc(C)c3)no2)=C1C. The molecule has 1 aromatic heterocycles. The number of ether oxygens (including phenoxy) is 1. The van der Waals surface area contributed by atoms with Crippen LogP contribution in [0.15, 0.2) is 58.8 Å². The van der Waals surface area contributed by atoms with Gasteiger partial charge in [-0.2, -0.15) is 4.98 Å². The Morgan fingerprint density at radius 3 is 2.74 bits per heavy atom. The number of methoxy groups -OCH3 is 1. The number of benzene rings is 2. The number of hydrogen-bond acceptors (Lipinski definition) is 5. The molecule has 0 fully saturated rings. The van der Waals surface area contributed by atoms with Crippen LogP contribution in [0, 0.1) is 12.7 Å². The molecule has 2 aromatic carbocycles. The minimum atomic E-state index is -0.632. The zero-order valence-corrected chi connectivity index (χ0v) is 17.6. The van der Waals surface area contributed by atoms with Crippen LogP contribution in [0.1, 0.15) is 30.0 Å². The van der Waals surface area contributed by atoms with E-state index in [9.17, 15) is 9.18 Å². The summed E-state index contributed by atoms with van der Waals surface area (Å²) in [5, 5.41) is 7.07. The summed E-state index contributed by atoms with van der Waals surface area (Å²) in [6, 6.07) is 13.0. The van der Waals surface area contributed by atoms with Crippen molar-refractivity contribution < 1.29 is 18.4 Å². The largest absolute Gasteiger partial charge is 0.383 e. The van der Waals surface area contributed by atoms with E-state index in [0.29, 0.717) is 35.8 Å². The molecule has 3 aromatic rings. The molecule has 160 valence electrons. The Hall–Kier alpha value is -3.52. The lowest BCUT2D eigenvalue weighted by Crippen LogP contribution is -2.47. The van der Waals surface area contributed by atoms with Crippen molar-refractivity contribution in [3.63, 3.8) is 0 Å². The number of halogens is 1. The number of carbonyl (C=O) groups excluding carboxylic acids is 1. The van der Waals surface area contributed by atoms with Crippen LogP contribution >= 0.6 is 0 Å². The van der Waals surface area contributed by atoms with Crippen molar-refractivity contribution in [3.8, 4) is 11.4 Å². The van der Waals surface area contributed by atoms with Gasteiger partial charge in [0.25, 0.3) is 5.89 Å². The van der Waals surface area contributed by atoms with Crippen LogP contribution in [0.5, 0.6) is 0 Å². The molecule has 8 heteroatoms. The van der Waals surface area contributed by atoms with Crippen LogP contribution in [-0.2, 0) is 4.74 Å². The smallest absolute Gasteiger partial charge is 0.322 e. The first-order chi connectivity index (χ1) is 15.0. The van der Waals surface area contributed by atoms with Crippen LogP contribution < -0.4 is 5.32 Å². The van der Waals surface area contributed by atoms with E-state index in [1.807, 2.05) is 38.1 Å². The molecule has 7 nitrogen and oxygen atoms in total. The predicted octanol–water partition coefficient (Wildman–Crippen LogP) is 4.33. The number of nitrogens with zero attached hydrogens (tertiary/aromatic N) is 3. The molecule has 0 aliphatic carbocycles. The summed E-state index contributed by atoms with van der Waals surface area (Å²) in [5.74, 6) is 0.319. The van der Waals surface area contributed by atoms with E-state index >= 15 is 0 Å². The van der Waals surface area contributed by atoms with E-state index in [-0.39, 0.29) is 11.9 Å². The van der Waals surface area contributed by atoms with Crippen molar-refractivity contribution in [1.29, 1.82) is 0 Å². The number of aryl methyl sites for hydroxylation is 1. The number of allylic oxidation sites excluding steroid dienone is 1. The fourth-order valence-electron chi connectivity index (χ4n) is 3.68. The van der Waals surface area contributed by atoms with Crippen molar-refractivity contribution in [1.82, 2.24) is 20.4 Å². The van der Waals surface area contributed by atoms with Gasteiger partial charge in [0.2, 0.25) is 5.82 Å². The highest BCUT2D eigenvalue weighted by Gasteiger charge is 2.35. The molecule has 1 N–H and O–H groups in total. The lowest BCUT2D eigenvalue weighted by atomic mass is 9.94. The molecule has 2 heterocycles. The topological polar surface area (TPSA) is 80.5 Å². The second kappa shape index (κ2) is 8.69. The van der Waals surface area contributed by atoms with E-state index in [0.717, 1.165) is 11.1 Å². The van der Waals surface area contributed by atoms with Gasteiger partial charge in [-0.05, 0) is 37.6 Å². The van der Waals surface area contributed by atoms with Gasteiger partial charge < -0.3 is 14.6 Å². The average molecular weight is 422 g/mol. The Morgan fingerprint density at radius 2 is 2.00 bits per heavy atom. The van der Waals surface area contributed by atoms with E-state index in [1.165, 1.54) is 12.1 Å². The lowest BCUT2D eigenvalue weighted by molar-refractivity contribution is 0.158. The summed E-state index contributed by atoms with van der Waals surface area (Å²) in [6.45, 7) is 4.52. The molecule has 0 bridgehead atoms. The van der Waals surface area contributed by atoms with Crippen molar-refractivity contribution in [3.05, 3.63) is 77.1 Å². The molecule has 0 radical (unpaired) electrons. The summed E-state index contributed by atoms with van der Waals surface area (Å²) in [6.07, 6.45) is 0. The second-order valence-corrected chi connectivity index (χ2v) is 7.37. The maximum atomic E-state index is 13.9. The Balaban J connectivity index is 1.81. The molecule has 2 amide bonds. The van der Waals surface area contributed by atoms with Gasteiger partial charge in [0.15, 0.2) is 0 Å². The number of nitrogens with one attached hydrogen (secondary N) is 1. The number of hydrogen-bond donors (Lipinski definition) is 1. The standard InChI is InChI=1S/C23H23FN4O3/c1-14-6-4-8-17(12-14)21-26-22(31-27-21)19-15(2)28(10-11-30-3)23(29)25-20(19)16-7-5-9-18(24)13-16/h4-9,12-13,20H,10-11H2,1-3H3,(H,25,29). The first-order valence-electron chi connectivity index (χ1n) is 9.92. The summed E-state index contributed by atoms with van der Waals surface area (Å²) < 4.78 is 24.7. The van der Waals surface area contributed by atoms with E-state index in [1.54, 1.807) is 24.1 Å². The third kappa shape index (κ3) is 4.20. The number of carbonyl (C=O) groups is 1. The molecule has 1 aliphatic heterocycles. The molecular weight excluding hydrogens is 399 g/mol. The third-order valence-corrected chi connectivity index (χ3v) is 5.23. The molecule has 0 spiro atoms. The third-order valence-electron chi connectivity index (χ3n) is 5.23. The van der Waals surface area contributed by atoms with Crippen molar-refractivity contribution in [2.24, 2.45) is 0 Å². The number of urea groups is 1. The maximum Gasteiger partial charge on any atom is 0.322 e. The second-order valence-electron chi connectivity index (χ2n) is 7.37. The van der Waals surface area contributed by atoms with Gasteiger partial charge in [0.1, 0.15) is 5.82 Å². The Morgan fingerprint density at radius 1 is 1.19 bits per heavy atom. The summed E-state index contributed by atoms with van der Waals surface area (Å²) in [4.78, 5) is 18.9. The fraction of sp³-hybridized carbons (Fsp3) is 0.261. The lowest BCUT2D eigenvalue weighted by Gasteiger charge is -2.35. The van der Waals surface area contributed by atoms with Gasteiger partial charge in [-0.25, -0.2) is 9.18 Å². The molecule has 4 rings (SSSR count). The van der Waals surface area contributed by atoms with Gasteiger partial charge in [0, 0.05) is 18.4 Å². The number of amides is 2. The zero-order chi connectivity index (χ0) is 22.0. The van der Waals surface area contributed by atoms with Gasteiger partial charge in [-0.3, -0.25) is 4.90 Å². The molecule has 1 aliphatic rings.